The maximum absolute atomic E-state index is 12.0. The summed E-state index contributed by atoms with van der Waals surface area (Å²) in [6.45, 7) is 0.517. The molecule has 3 N–H and O–H groups in total. The molecule has 1 unspecified atom stereocenters. The molecule has 0 saturated heterocycles. The fraction of sp³-hybridized carbons (Fsp3) is 0.562. The SMILES string of the molecule is COc1cc(CCC(=O)NC(CN)C2CC2)cc(OC)c1.Cl. The zero-order valence-electron chi connectivity index (χ0n) is 13.1. The molecule has 6 heteroatoms. The Hall–Kier alpha value is -1.46. The van der Waals surface area contributed by atoms with Crippen LogP contribution in [0.1, 0.15) is 24.8 Å². The summed E-state index contributed by atoms with van der Waals surface area (Å²) in [4.78, 5) is 12.0. The summed E-state index contributed by atoms with van der Waals surface area (Å²) in [6.07, 6.45) is 3.45. The van der Waals surface area contributed by atoms with Gasteiger partial charge in [-0.25, -0.2) is 0 Å². The summed E-state index contributed by atoms with van der Waals surface area (Å²) in [5.74, 6) is 2.11. The highest BCUT2D eigenvalue weighted by atomic mass is 35.5. The molecule has 2 rings (SSSR count). The lowest BCUT2D eigenvalue weighted by molar-refractivity contribution is -0.121. The third-order valence-electron chi connectivity index (χ3n) is 3.84. The van der Waals surface area contributed by atoms with E-state index in [0.29, 0.717) is 25.3 Å². The van der Waals surface area contributed by atoms with Crippen LogP contribution >= 0.6 is 12.4 Å². The van der Waals surface area contributed by atoms with Crippen LogP contribution in [0, 0.1) is 5.92 Å². The molecule has 1 aliphatic rings. The Morgan fingerprint density at radius 1 is 1.27 bits per heavy atom. The van der Waals surface area contributed by atoms with Gasteiger partial charge in [-0.1, -0.05) is 0 Å². The molecule has 0 aromatic heterocycles. The average Bonchev–Trinajstić information content (AvgIpc) is 3.34. The summed E-state index contributed by atoms with van der Waals surface area (Å²) in [5, 5.41) is 3.03. The summed E-state index contributed by atoms with van der Waals surface area (Å²) in [6, 6.07) is 5.81. The van der Waals surface area contributed by atoms with Crippen molar-refractivity contribution in [2.24, 2.45) is 11.7 Å². The van der Waals surface area contributed by atoms with Crippen molar-refractivity contribution in [2.75, 3.05) is 20.8 Å². The molecular weight excluding hydrogens is 304 g/mol. The fourth-order valence-electron chi connectivity index (χ4n) is 2.42. The van der Waals surface area contributed by atoms with Gasteiger partial charge in [-0.15, -0.1) is 12.4 Å². The Kier molecular flexibility index (Phi) is 7.48. The average molecular weight is 329 g/mol. The number of carbonyl (C=O) groups excluding carboxylic acids is 1. The van der Waals surface area contributed by atoms with E-state index in [1.165, 1.54) is 12.8 Å². The fourth-order valence-corrected chi connectivity index (χ4v) is 2.42. The third-order valence-corrected chi connectivity index (χ3v) is 3.84. The van der Waals surface area contributed by atoms with Gasteiger partial charge in [0.25, 0.3) is 0 Å². The molecule has 1 saturated carbocycles. The van der Waals surface area contributed by atoms with Gasteiger partial charge in [-0.2, -0.15) is 0 Å². The van der Waals surface area contributed by atoms with Gasteiger partial charge >= 0.3 is 0 Å². The van der Waals surface area contributed by atoms with Crippen LogP contribution < -0.4 is 20.5 Å². The lowest BCUT2D eigenvalue weighted by Gasteiger charge is -2.16. The number of rotatable bonds is 8. The number of amides is 1. The number of carbonyl (C=O) groups is 1. The number of aryl methyl sites for hydroxylation is 1. The second kappa shape index (κ2) is 8.86. The van der Waals surface area contributed by atoms with E-state index in [-0.39, 0.29) is 24.4 Å². The first kappa shape index (κ1) is 18.6. The van der Waals surface area contributed by atoms with Gasteiger partial charge in [0.05, 0.1) is 14.2 Å². The number of nitrogens with two attached hydrogens (primary N) is 1. The summed E-state index contributed by atoms with van der Waals surface area (Å²) >= 11 is 0. The van der Waals surface area contributed by atoms with E-state index in [1.807, 2.05) is 18.2 Å². The van der Waals surface area contributed by atoms with Gasteiger partial charge in [-0.3, -0.25) is 4.79 Å². The predicted octanol–water partition coefficient (Wildman–Crippen LogP) is 1.91. The highest BCUT2D eigenvalue weighted by molar-refractivity contribution is 5.85. The monoisotopic (exact) mass is 328 g/mol. The molecule has 0 heterocycles. The lowest BCUT2D eigenvalue weighted by atomic mass is 10.1. The molecule has 124 valence electrons. The molecular formula is C16H25ClN2O3. The Morgan fingerprint density at radius 2 is 1.86 bits per heavy atom. The zero-order valence-corrected chi connectivity index (χ0v) is 13.9. The van der Waals surface area contributed by atoms with Crippen molar-refractivity contribution in [3.05, 3.63) is 23.8 Å². The van der Waals surface area contributed by atoms with Crippen LogP contribution in [0.5, 0.6) is 11.5 Å². The highest BCUT2D eigenvalue weighted by Crippen LogP contribution is 2.32. The number of methoxy groups -OCH3 is 2. The van der Waals surface area contributed by atoms with E-state index in [1.54, 1.807) is 14.2 Å². The van der Waals surface area contributed by atoms with E-state index in [9.17, 15) is 4.79 Å². The first-order valence-corrected chi connectivity index (χ1v) is 7.37. The van der Waals surface area contributed by atoms with Gasteiger partial charge in [0.15, 0.2) is 0 Å². The minimum Gasteiger partial charge on any atom is -0.497 e. The minimum absolute atomic E-state index is 0. The van der Waals surface area contributed by atoms with Crippen molar-refractivity contribution in [3.63, 3.8) is 0 Å². The maximum Gasteiger partial charge on any atom is 0.220 e. The van der Waals surface area contributed by atoms with Crippen molar-refractivity contribution in [1.29, 1.82) is 0 Å². The summed E-state index contributed by atoms with van der Waals surface area (Å²) in [7, 11) is 3.24. The van der Waals surface area contributed by atoms with Crippen LogP contribution in [0.4, 0.5) is 0 Å². The highest BCUT2D eigenvalue weighted by Gasteiger charge is 2.30. The predicted molar refractivity (Wildman–Crippen MR) is 88.8 cm³/mol. The lowest BCUT2D eigenvalue weighted by Crippen LogP contribution is -2.41. The van der Waals surface area contributed by atoms with Crippen molar-refractivity contribution >= 4 is 18.3 Å². The van der Waals surface area contributed by atoms with E-state index in [4.69, 9.17) is 15.2 Å². The van der Waals surface area contributed by atoms with Gasteiger partial charge in [-0.05, 0) is 42.9 Å². The molecule has 1 aromatic carbocycles. The standard InChI is InChI=1S/C16H24N2O3.ClH/c1-20-13-7-11(8-14(9-13)21-2)3-6-16(19)18-15(10-17)12-4-5-12;/h7-9,12,15H,3-6,10,17H2,1-2H3,(H,18,19);1H. The van der Waals surface area contributed by atoms with Crippen LogP contribution in [-0.2, 0) is 11.2 Å². The topological polar surface area (TPSA) is 73.6 Å². The third kappa shape index (κ3) is 5.39. The van der Waals surface area contributed by atoms with Crippen LogP contribution in [0.25, 0.3) is 0 Å². The molecule has 0 spiro atoms. The van der Waals surface area contributed by atoms with E-state index >= 15 is 0 Å². The van der Waals surface area contributed by atoms with Gasteiger partial charge < -0.3 is 20.5 Å². The second-order valence-corrected chi connectivity index (χ2v) is 5.47. The first-order chi connectivity index (χ1) is 10.2. The molecule has 1 aromatic rings. The number of halogens is 1. The second-order valence-electron chi connectivity index (χ2n) is 5.47. The number of benzene rings is 1. The smallest absolute Gasteiger partial charge is 0.220 e. The van der Waals surface area contributed by atoms with E-state index in [2.05, 4.69) is 5.32 Å². The largest absolute Gasteiger partial charge is 0.497 e. The molecule has 0 radical (unpaired) electrons. The summed E-state index contributed by atoms with van der Waals surface area (Å²) < 4.78 is 10.5. The van der Waals surface area contributed by atoms with Gasteiger partial charge in [0.1, 0.15) is 11.5 Å². The first-order valence-electron chi connectivity index (χ1n) is 7.37. The minimum atomic E-state index is 0. The summed E-state index contributed by atoms with van der Waals surface area (Å²) in [5.41, 5.74) is 6.72. The van der Waals surface area contributed by atoms with Gasteiger partial charge in [0.2, 0.25) is 5.91 Å². The quantitative estimate of drug-likeness (QED) is 0.764. The van der Waals surface area contributed by atoms with Gasteiger partial charge in [0, 0.05) is 25.1 Å². The van der Waals surface area contributed by atoms with Crippen LogP contribution in [0.15, 0.2) is 18.2 Å². The van der Waals surface area contributed by atoms with Crippen LogP contribution in [-0.4, -0.2) is 32.7 Å². The van der Waals surface area contributed by atoms with Crippen LogP contribution in [0.3, 0.4) is 0 Å². The number of nitrogens with one attached hydrogen (secondary N) is 1. The Morgan fingerprint density at radius 3 is 2.32 bits per heavy atom. The Labute approximate surface area is 138 Å². The van der Waals surface area contributed by atoms with Crippen molar-refractivity contribution in [2.45, 2.75) is 31.7 Å². The Balaban J connectivity index is 0.00000242. The molecule has 1 amide bonds. The van der Waals surface area contributed by atoms with Crippen LogP contribution in [0.2, 0.25) is 0 Å². The molecule has 1 aliphatic carbocycles. The number of ether oxygens (including phenoxy) is 2. The van der Waals surface area contributed by atoms with Crippen molar-refractivity contribution in [3.8, 4) is 11.5 Å². The maximum atomic E-state index is 12.0. The molecule has 22 heavy (non-hydrogen) atoms. The molecule has 5 nitrogen and oxygen atoms in total. The van der Waals surface area contributed by atoms with E-state index < -0.39 is 0 Å². The van der Waals surface area contributed by atoms with E-state index in [0.717, 1.165) is 17.1 Å². The normalized spacial score (nSPS) is 14.7. The Bertz CT molecular complexity index is 470. The van der Waals surface area contributed by atoms with Crippen molar-refractivity contribution in [1.82, 2.24) is 5.32 Å². The molecule has 0 aliphatic heterocycles. The zero-order chi connectivity index (χ0) is 15.2. The number of hydrogen-bond acceptors (Lipinski definition) is 4. The van der Waals surface area contributed by atoms with Crippen molar-refractivity contribution < 1.29 is 14.3 Å². The molecule has 1 atom stereocenters. The molecule has 0 bridgehead atoms. The number of hydrogen-bond donors (Lipinski definition) is 2. The molecule has 1 fully saturated rings.